The minimum atomic E-state index is -0.217. The van der Waals surface area contributed by atoms with Gasteiger partial charge < -0.3 is 15.1 Å². The Hall–Kier alpha value is -2.34. The number of carbonyl (C=O) groups is 2. The van der Waals surface area contributed by atoms with Crippen molar-refractivity contribution in [1.82, 2.24) is 15.1 Å². The topological polar surface area (TPSA) is 55.9 Å². The van der Waals surface area contributed by atoms with E-state index in [0.717, 1.165) is 31.7 Å². The molecule has 1 aromatic carbocycles. The zero-order valence-electron chi connectivity index (χ0n) is 19.4. The zero-order valence-corrected chi connectivity index (χ0v) is 19.4. The van der Waals surface area contributed by atoms with Crippen LogP contribution in [0.4, 0.5) is 5.69 Å². The summed E-state index contributed by atoms with van der Waals surface area (Å²) in [4.78, 5) is 31.1. The van der Waals surface area contributed by atoms with Crippen LogP contribution in [0.25, 0.3) is 6.08 Å². The van der Waals surface area contributed by atoms with Gasteiger partial charge in [0.25, 0.3) is 0 Å². The molecular formula is C25H38N4O2. The van der Waals surface area contributed by atoms with Crippen LogP contribution in [0.3, 0.4) is 0 Å². The van der Waals surface area contributed by atoms with Crippen LogP contribution in [-0.4, -0.2) is 73.0 Å². The summed E-state index contributed by atoms with van der Waals surface area (Å²) in [6, 6.07) is 8.51. The highest BCUT2D eigenvalue weighted by atomic mass is 16.2. The highest BCUT2D eigenvalue weighted by Gasteiger charge is 2.22. The SMILES string of the molecule is CC(C)(C)NC(=O)CN1CCN(C(=O)/C=C/c2ccc(N3CCCCCC3)cc2)CC1. The maximum absolute atomic E-state index is 12.6. The first-order valence-electron chi connectivity index (χ1n) is 11.7. The number of hydrogen-bond donors (Lipinski definition) is 1. The maximum Gasteiger partial charge on any atom is 0.246 e. The summed E-state index contributed by atoms with van der Waals surface area (Å²) in [5.41, 5.74) is 2.10. The van der Waals surface area contributed by atoms with Crippen LogP contribution in [0, 0.1) is 0 Å². The minimum absolute atomic E-state index is 0.0374. The summed E-state index contributed by atoms with van der Waals surface area (Å²) in [7, 11) is 0. The average molecular weight is 427 g/mol. The molecule has 2 amide bonds. The van der Waals surface area contributed by atoms with Crippen LogP contribution in [-0.2, 0) is 9.59 Å². The Bertz CT molecular complexity index is 751. The standard InChI is InChI=1S/C25H38N4O2/c1-25(2,3)26-23(30)20-27-16-18-29(19-17-27)24(31)13-10-21-8-11-22(12-9-21)28-14-6-4-5-7-15-28/h8-13H,4-7,14-20H2,1-3H3,(H,26,30)/b13-10+. The lowest BCUT2D eigenvalue weighted by Gasteiger charge is -2.34. The van der Waals surface area contributed by atoms with Crippen molar-refractivity contribution in [3.8, 4) is 0 Å². The van der Waals surface area contributed by atoms with Crippen molar-refractivity contribution in [2.24, 2.45) is 0 Å². The number of carbonyl (C=O) groups excluding carboxylic acids is 2. The molecule has 0 radical (unpaired) electrons. The van der Waals surface area contributed by atoms with Gasteiger partial charge in [-0.25, -0.2) is 0 Å². The van der Waals surface area contributed by atoms with Crippen molar-refractivity contribution in [2.45, 2.75) is 52.0 Å². The highest BCUT2D eigenvalue weighted by Crippen LogP contribution is 2.20. The van der Waals surface area contributed by atoms with E-state index in [2.05, 4.69) is 39.4 Å². The Labute approximate surface area is 187 Å². The molecule has 2 aliphatic rings. The van der Waals surface area contributed by atoms with E-state index in [1.165, 1.54) is 31.4 Å². The molecule has 2 saturated heterocycles. The van der Waals surface area contributed by atoms with Crippen LogP contribution in [0.15, 0.2) is 30.3 Å². The molecule has 0 atom stereocenters. The van der Waals surface area contributed by atoms with Crippen LogP contribution in [0.1, 0.15) is 52.0 Å². The molecule has 1 N–H and O–H groups in total. The molecule has 6 nitrogen and oxygen atoms in total. The molecule has 0 bridgehead atoms. The fourth-order valence-electron chi connectivity index (χ4n) is 4.19. The largest absolute Gasteiger partial charge is 0.372 e. The second-order valence-corrected chi connectivity index (χ2v) is 9.73. The van der Waals surface area contributed by atoms with Gasteiger partial charge in [-0.05, 0) is 57.4 Å². The minimum Gasteiger partial charge on any atom is -0.372 e. The van der Waals surface area contributed by atoms with Crippen LogP contribution < -0.4 is 10.2 Å². The van der Waals surface area contributed by atoms with Gasteiger partial charge in [-0.2, -0.15) is 0 Å². The van der Waals surface area contributed by atoms with Gasteiger partial charge in [0.2, 0.25) is 11.8 Å². The van der Waals surface area contributed by atoms with Gasteiger partial charge in [-0.15, -0.1) is 0 Å². The summed E-state index contributed by atoms with van der Waals surface area (Å²) < 4.78 is 0. The first-order chi connectivity index (χ1) is 14.8. The maximum atomic E-state index is 12.6. The normalized spacial score (nSPS) is 18.8. The van der Waals surface area contributed by atoms with Crippen LogP contribution >= 0.6 is 0 Å². The van der Waals surface area contributed by atoms with Crippen molar-refractivity contribution in [3.05, 3.63) is 35.9 Å². The van der Waals surface area contributed by atoms with Crippen molar-refractivity contribution in [2.75, 3.05) is 50.7 Å². The van der Waals surface area contributed by atoms with Gasteiger partial charge >= 0.3 is 0 Å². The van der Waals surface area contributed by atoms with Gasteiger partial charge in [0.15, 0.2) is 0 Å². The van der Waals surface area contributed by atoms with E-state index in [1.54, 1.807) is 6.08 Å². The summed E-state index contributed by atoms with van der Waals surface area (Å²) in [6.45, 7) is 11.4. The third-order valence-electron chi connectivity index (χ3n) is 5.85. The summed E-state index contributed by atoms with van der Waals surface area (Å²) in [5.74, 6) is 0.0752. The summed E-state index contributed by atoms with van der Waals surface area (Å²) in [5, 5.41) is 2.99. The van der Waals surface area contributed by atoms with Gasteiger partial charge in [0.05, 0.1) is 6.54 Å². The lowest BCUT2D eigenvalue weighted by atomic mass is 10.1. The van der Waals surface area contributed by atoms with Crippen molar-refractivity contribution in [1.29, 1.82) is 0 Å². The molecule has 170 valence electrons. The zero-order chi connectivity index (χ0) is 22.3. The number of piperazine rings is 1. The number of nitrogens with one attached hydrogen (secondary N) is 1. The number of nitrogens with zero attached hydrogens (tertiary/aromatic N) is 3. The van der Waals surface area contributed by atoms with E-state index in [4.69, 9.17) is 0 Å². The molecule has 31 heavy (non-hydrogen) atoms. The predicted molar refractivity (Wildman–Crippen MR) is 127 cm³/mol. The van der Waals surface area contributed by atoms with E-state index in [9.17, 15) is 9.59 Å². The van der Waals surface area contributed by atoms with Crippen LogP contribution in [0.2, 0.25) is 0 Å². The lowest BCUT2D eigenvalue weighted by Crippen LogP contribution is -2.52. The molecule has 0 aromatic heterocycles. The monoisotopic (exact) mass is 426 g/mol. The van der Waals surface area contributed by atoms with Crippen molar-refractivity contribution >= 4 is 23.6 Å². The van der Waals surface area contributed by atoms with E-state index in [-0.39, 0.29) is 17.4 Å². The van der Waals surface area contributed by atoms with Crippen molar-refractivity contribution < 1.29 is 9.59 Å². The molecule has 0 aliphatic carbocycles. The second-order valence-electron chi connectivity index (χ2n) is 9.73. The molecule has 1 aromatic rings. The molecule has 0 saturated carbocycles. The average Bonchev–Trinajstić information content (AvgIpc) is 3.01. The molecule has 3 rings (SSSR count). The number of anilines is 1. The number of amides is 2. The van der Waals surface area contributed by atoms with E-state index in [0.29, 0.717) is 19.6 Å². The predicted octanol–water partition coefficient (Wildman–Crippen LogP) is 3.14. The fraction of sp³-hybridized carbons (Fsp3) is 0.600. The van der Waals surface area contributed by atoms with Crippen LogP contribution in [0.5, 0.6) is 0 Å². The van der Waals surface area contributed by atoms with E-state index in [1.807, 2.05) is 31.7 Å². The molecule has 2 fully saturated rings. The first kappa shape index (κ1) is 23.3. The van der Waals surface area contributed by atoms with Gasteiger partial charge in [0, 0.05) is 56.6 Å². The first-order valence-corrected chi connectivity index (χ1v) is 11.7. The Morgan fingerprint density at radius 1 is 0.903 bits per heavy atom. The quantitative estimate of drug-likeness (QED) is 0.735. The smallest absolute Gasteiger partial charge is 0.246 e. The molecule has 2 heterocycles. The third-order valence-corrected chi connectivity index (χ3v) is 5.85. The molecule has 6 heteroatoms. The van der Waals surface area contributed by atoms with Gasteiger partial charge in [-0.3, -0.25) is 14.5 Å². The number of hydrogen-bond acceptors (Lipinski definition) is 4. The number of benzene rings is 1. The highest BCUT2D eigenvalue weighted by molar-refractivity contribution is 5.92. The molecule has 2 aliphatic heterocycles. The number of rotatable bonds is 5. The Morgan fingerprint density at radius 3 is 2.10 bits per heavy atom. The molecular weight excluding hydrogens is 388 g/mol. The van der Waals surface area contributed by atoms with E-state index >= 15 is 0 Å². The lowest BCUT2D eigenvalue weighted by molar-refractivity contribution is -0.128. The fourth-order valence-corrected chi connectivity index (χ4v) is 4.19. The van der Waals surface area contributed by atoms with Gasteiger partial charge in [-0.1, -0.05) is 25.0 Å². The summed E-state index contributed by atoms with van der Waals surface area (Å²) in [6.07, 6.45) is 8.77. The molecule has 0 unspecified atom stereocenters. The van der Waals surface area contributed by atoms with E-state index < -0.39 is 0 Å². The third kappa shape index (κ3) is 7.69. The van der Waals surface area contributed by atoms with Crippen molar-refractivity contribution in [3.63, 3.8) is 0 Å². The summed E-state index contributed by atoms with van der Waals surface area (Å²) >= 11 is 0. The molecule has 0 spiro atoms. The Balaban J connectivity index is 1.44. The Morgan fingerprint density at radius 2 is 1.52 bits per heavy atom. The van der Waals surface area contributed by atoms with Gasteiger partial charge in [0.1, 0.15) is 0 Å². The Kier molecular flexibility index (Phi) is 8.13. The second kappa shape index (κ2) is 10.8.